The Morgan fingerprint density at radius 1 is 1.10 bits per heavy atom. The van der Waals surface area contributed by atoms with Crippen LogP contribution < -0.4 is 5.32 Å². The molecule has 2 nitrogen and oxygen atoms in total. The van der Waals surface area contributed by atoms with E-state index >= 15 is 0 Å². The van der Waals surface area contributed by atoms with Crippen molar-refractivity contribution in [2.24, 2.45) is 0 Å². The van der Waals surface area contributed by atoms with E-state index in [1.54, 1.807) is 11.3 Å². The monoisotopic (exact) mass is 286 g/mol. The van der Waals surface area contributed by atoms with Gasteiger partial charge in [0.15, 0.2) is 0 Å². The van der Waals surface area contributed by atoms with Crippen LogP contribution >= 0.6 is 11.3 Å². The van der Waals surface area contributed by atoms with Crippen molar-refractivity contribution in [2.45, 2.75) is 32.0 Å². The zero-order valence-corrected chi connectivity index (χ0v) is 12.6. The molecule has 1 saturated carbocycles. The highest BCUT2D eigenvalue weighted by Gasteiger charge is 2.28. The van der Waals surface area contributed by atoms with Gasteiger partial charge in [0.1, 0.15) is 0 Å². The molecule has 106 valence electrons. The molecule has 1 fully saturated rings. The minimum atomic E-state index is 0.827. The van der Waals surface area contributed by atoms with Crippen molar-refractivity contribution in [2.75, 3.05) is 13.1 Å². The first-order valence-electron chi connectivity index (χ1n) is 7.41. The van der Waals surface area contributed by atoms with Gasteiger partial charge in [-0.2, -0.15) is 11.3 Å². The van der Waals surface area contributed by atoms with E-state index in [1.165, 1.54) is 24.0 Å². The molecule has 20 heavy (non-hydrogen) atoms. The smallest absolute Gasteiger partial charge is 0.0245 e. The fourth-order valence-corrected chi connectivity index (χ4v) is 3.16. The Labute approximate surface area is 125 Å². The summed E-state index contributed by atoms with van der Waals surface area (Å²) in [6, 6.07) is 13.7. The summed E-state index contributed by atoms with van der Waals surface area (Å²) in [4.78, 5) is 2.63. The standard InChI is InChI=1S/C17H22N2S/c1-2-4-15(5-3-1)12-18-9-10-19(17-6-7-17)13-16-8-11-20-14-16/h1-5,8,11,14,17-18H,6-7,9-10,12-13H2. The van der Waals surface area contributed by atoms with Gasteiger partial charge in [0.2, 0.25) is 0 Å². The van der Waals surface area contributed by atoms with Crippen molar-refractivity contribution in [3.8, 4) is 0 Å². The first-order valence-corrected chi connectivity index (χ1v) is 8.36. The first-order chi connectivity index (χ1) is 9.92. The molecule has 0 unspecified atom stereocenters. The van der Waals surface area contributed by atoms with Gasteiger partial charge in [-0.3, -0.25) is 4.90 Å². The lowest BCUT2D eigenvalue weighted by molar-refractivity contribution is 0.254. The van der Waals surface area contributed by atoms with E-state index < -0.39 is 0 Å². The van der Waals surface area contributed by atoms with Crippen LogP contribution in [0, 0.1) is 0 Å². The molecule has 0 bridgehead atoms. The third-order valence-corrected chi connectivity index (χ3v) is 4.51. The van der Waals surface area contributed by atoms with Gasteiger partial charge >= 0.3 is 0 Å². The average molecular weight is 286 g/mol. The molecule has 1 aliphatic carbocycles. The Morgan fingerprint density at radius 2 is 1.95 bits per heavy atom. The Kier molecular flexibility index (Phi) is 4.85. The summed E-state index contributed by atoms with van der Waals surface area (Å²) in [5.41, 5.74) is 2.83. The van der Waals surface area contributed by atoms with Crippen molar-refractivity contribution in [1.29, 1.82) is 0 Å². The number of rotatable bonds is 8. The number of thiophene rings is 1. The number of nitrogens with zero attached hydrogens (tertiary/aromatic N) is 1. The van der Waals surface area contributed by atoms with Crippen LogP contribution in [0.2, 0.25) is 0 Å². The third-order valence-electron chi connectivity index (χ3n) is 3.78. The molecule has 3 rings (SSSR count). The maximum absolute atomic E-state index is 3.56. The van der Waals surface area contributed by atoms with Gasteiger partial charge in [0.25, 0.3) is 0 Å². The molecule has 0 amide bonds. The number of hydrogen-bond acceptors (Lipinski definition) is 3. The zero-order chi connectivity index (χ0) is 13.6. The second kappa shape index (κ2) is 7.02. The molecule has 1 aromatic carbocycles. The van der Waals surface area contributed by atoms with E-state index in [4.69, 9.17) is 0 Å². The van der Waals surface area contributed by atoms with Crippen LogP contribution in [0.3, 0.4) is 0 Å². The predicted molar refractivity (Wildman–Crippen MR) is 85.9 cm³/mol. The van der Waals surface area contributed by atoms with E-state index in [-0.39, 0.29) is 0 Å². The fourth-order valence-electron chi connectivity index (χ4n) is 2.50. The average Bonchev–Trinajstić information content (AvgIpc) is 3.21. The second-order valence-corrected chi connectivity index (χ2v) is 6.28. The molecule has 0 atom stereocenters. The summed E-state index contributed by atoms with van der Waals surface area (Å²) in [6.45, 7) is 4.29. The topological polar surface area (TPSA) is 15.3 Å². The van der Waals surface area contributed by atoms with E-state index in [0.717, 1.165) is 32.2 Å². The van der Waals surface area contributed by atoms with Gasteiger partial charge in [0.05, 0.1) is 0 Å². The van der Waals surface area contributed by atoms with Gasteiger partial charge < -0.3 is 5.32 Å². The predicted octanol–water partition coefficient (Wildman–Crippen LogP) is 3.50. The lowest BCUT2D eigenvalue weighted by atomic mass is 10.2. The Balaban J connectivity index is 1.41. The van der Waals surface area contributed by atoms with Crippen molar-refractivity contribution in [3.63, 3.8) is 0 Å². The van der Waals surface area contributed by atoms with Crippen LogP contribution in [0.4, 0.5) is 0 Å². The summed E-state index contributed by atoms with van der Waals surface area (Å²) in [5.74, 6) is 0. The molecule has 1 aliphatic rings. The second-order valence-electron chi connectivity index (χ2n) is 5.50. The van der Waals surface area contributed by atoms with E-state index in [0.29, 0.717) is 0 Å². The molecule has 3 heteroatoms. The van der Waals surface area contributed by atoms with Crippen molar-refractivity contribution < 1.29 is 0 Å². The molecule has 1 N–H and O–H groups in total. The van der Waals surface area contributed by atoms with E-state index in [2.05, 4.69) is 57.4 Å². The molecule has 1 heterocycles. The van der Waals surface area contributed by atoms with Crippen LogP contribution in [-0.2, 0) is 13.1 Å². The number of benzene rings is 1. The first kappa shape index (κ1) is 13.8. The van der Waals surface area contributed by atoms with Crippen LogP contribution in [0.25, 0.3) is 0 Å². The molecular weight excluding hydrogens is 264 g/mol. The molecule has 0 aliphatic heterocycles. The van der Waals surface area contributed by atoms with Crippen LogP contribution in [0.15, 0.2) is 47.2 Å². The summed E-state index contributed by atoms with van der Waals surface area (Å²) in [6.07, 6.45) is 2.76. The minimum absolute atomic E-state index is 0.827. The van der Waals surface area contributed by atoms with Crippen molar-refractivity contribution in [3.05, 3.63) is 58.3 Å². The van der Waals surface area contributed by atoms with Gasteiger partial charge in [0, 0.05) is 32.2 Å². The highest BCUT2D eigenvalue weighted by molar-refractivity contribution is 7.07. The van der Waals surface area contributed by atoms with Crippen LogP contribution in [-0.4, -0.2) is 24.0 Å². The summed E-state index contributed by atoms with van der Waals surface area (Å²) >= 11 is 1.80. The molecule has 0 spiro atoms. The highest BCUT2D eigenvalue weighted by Crippen LogP contribution is 2.28. The minimum Gasteiger partial charge on any atom is -0.311 e. The quantitative estimate of drug-likeness (QED) is 0.747. The van der Waals surface area contributed by atoms with Gasteiger partial charge in [-0.15, -0.1) is 0 Å². The molecule has 0 saturated heterocycles. The maximum atomic E-state index is 3.56. The summed E-state index contributed by atoms with van der Waals surface area (Å²) in [7, 11) is 0. The normalized spacial score (nSPS) is 14.8. The molecule has 2 aromatic rings. The summed E-state index contributed by atoms with van der Waals surface area (Å²) in [5, 5.41) is 8.00. The van der Waals surface area contributed by atoms with Crippen molar-refractivity contribution >= 4 is 11.3 Å². The number of nitrogens with one attached hydrogen (secondary N) is 1. The third kappa shape index (κ3) is 4.17. The Bertz CT molecular complexity index is 491. The molecule has 0 radical (unpaired) electrons. The molecule has 1 aromatic heterocycles. The van der Waals surface area contributed by atoms with Crippen LogP contribution in [0.5, 0.6) is 0 Å². The Hall–Kier alpha value is -1.16. The highest BCUT2D eigenvalue weighted by atomic mass is 32.1. The van der Waals surface area contributed by atoms with Gasteiger partial charge in [-0.1, -0.05) is 30.3 Å². The lowest BCUT2D eigenvalue weighted by Crippen LogP contribution is -2.33. The van der Waals surface area contributed by atoms with Crippen LogP contribution in [0.1, 0.15) is 24.0 Å². The zero-order valence-electron chi connectivity index (χ0n) is 11.8. The van der Waals surface area contributed by atoms with E-state index in [1.807, 2.05) is 0 Å². The lowest BCUT2D eigenvalue weighted by Gasteiger charge is -2.21. The van der Waals surface area contributed by atoms with Gasteiger partial charge in [-0.25, -0.2) is 0 Å². The SMILES string of the molecule is c1ccc(CNCCN(Cc2ccsc2)C2CC2)cc1. The van der Waals surface area contributed by atoms with Crippen molar-refractivity contribution in [1.82, 2.24) is 10.2 Å². The Morgan fingerprint density at radius 3 is 2.65 bits per heavy atom. The largest absolute Gasteiger partial charge is 0.311 e. The number of hydrogen-bond donors (Lipinski definition) is 1. The summed E-state index contributed by atoms with van der Waals surface area (Å²) < 4.78 is 0. The van der Waals surface area contributed by atoms with E-state index in [9.17, 15) is 0 Å². The maximum Gasteiger partial charge on any atom is 0.0245 e. The van der Waals surface area contributed by atoms with Gasteiger partial charge in [-0.05, 0) is 40.8 Å². The molecular formula is C17H22N2S. The fraction of sp³-hybridized carbons (Fsp3) is 0.412.